The Morgan fingerprint density at radius 2 is 1.73 bits per heavy atom. The van der Waals surface area contributed by atoms with Crippen molar-refractivity contribution in [3.8, 4) is 0 Å². The first kappa shape index (κ1) is 18.7. The third kappa shape index (κ3) is 3.41. The van der Waals surface area contributed by atoms with Crippen LogP contribution in [0.3, 0.4) is 0 Å². The fourth-order valence-electron chi connectivity index (χ4n) is 7.20. The topological polar surface area (TPSA) is 12.0 Å². The first-order chi connectivity index (χ1) is 14.7. The van der Waals surface area contributed by atoms with E-state index in [4.69, 9.17) is 0 Å². The Bertz CT molecular complexity index is 959. The molecule has 2 fully saturated rings. The highest BCUT2D eigenvalue weighted by molar-refractivity contribution is 5.84. The van der Waals surface area contributed by atoms with Crippen LogP contribution in [0.5, 0.6) is 0 Å². The summed E-state index contributed by atoms with van der Waals surface area (Å²) in [6.45, 7) is 3.40. The zero-order valence-electron chi connectivity index (χ0n) is 18.4. The fraction of sp³-hybridized carbons (Fsp3) is 0.517. The molecule has 1 heteroatoms. The molecule has 1 aliphatic heterocycles. The molecule has 6 rings (SSSR count). The molecule has 5 atom stereocenters. The Hall–Kier alpha value is -2.02. The number of fused-ring (bicyclic) bond motifs is 6. The first-order valence-corrected chi connectivity index (χ1v) is 12.4. The smallest absolute Gasteiger partial charge is 0.0340 e. The van der Waals surface area contributed by atoms with E-state index in [0.29, 0.717) is 5.92 Å². The molecule has 1 N–H and O–H groups in total. The Morgan fingerprint density at radius 3 is 2.63 bits per heavy atom. The van der Waals surface area contributed by atoms with Gasteiger partial charge in [-0.3, -0.25) is 0 Å². The highest BCUT2D eigenvalue weighted by Crippen LogP contribution is 2.46. The van der Waals surface area contributed by atoms with E-state index >= 15 is 0 Å². The van der Waals surface area contributed by atoms with Gasteiger partial charge >= 0.3 is 0 Å². The van der Waals surface area contributed by atoms with Gasteiger partial charge in [-0.15, -0.1) is 0 Å². The summed E-state index contributed by atoms with van der Waals surface area (Å²) in [5.41, 5.74) is 8.64. The molecule has 5 aliphatic rings. The summed E-state index contributed by atoms with van der Waals surface area (Å²) in [5.74, 6) is 4.22. The Labute approximate surface area is 182 Å². The zero-order chi connectivity index (χ0) is 20.1. The van der Waals surface area contributed by atoms with Gasteiger partial charge in [0.25, 0.3) is 0 Å². The van der Waals surface area contributed by atoms with Crippen LogP contribution >= 0.6 is 0 Å². The van der Waals surface area contributed by atoms with E-state index in [1.54, 1.807) is 5.56 Å². The summed E-state index contributed by atoms with van der Waals surface area (Å²) in [6.07, 6.45) is 23.3. The second-order valence-corrected chi connectivity index (χ2v) is 10.7. The largest absolute Gasteiger partial charge is 0.385 e. The van der Waals surface area contributed by atoms with Gasteiger partial charge in [-0.25, -0.2) is 0 Å². The predicted molar refractivity (Wildman–Crippen MR) is 126 cm³/mol. The number of allylic oxidation sites excluding steroid dienone is 7. The van der Waals surface area contributed by atoms with Crippen molar-refractivity contribution in [1.29, 1.82) is 0 Å². The highest BCUT2D eigenvalue weighted by atomic mass is 14.9. The van der Waals surface area contributed by atoms with E-state index in [2.05, 4.69) is 60.8 Å². The molecule has 6 bridgehead atoms. The molecule has 0 spiro atoms. The van der Waals surface area contributed by atoms with Crippen molar-refractivity contribution in [2.45, 2.75) is 58.3 Å². The van der Waals surface area contributed by atoms with Crippen molar-refractivity contribution in [1.82, 2.24) is 5.32 Å². The minimum Gasteiger partial charge on any atom is -0.385 e. The summed E-state index contributed by atoms with van der Waals surface area (Å²) in [6, 6.07) is 7.32. The van der Waals surface area contributed by atoms with Crippen molar-refractivity contribution in [2.75, 3.05) is 6.54 Å². The molecule has 4 aliphatic carbocycles. The van der Waals surface area contributed by atoms with E-state index in [-0.39, 0.29) is 0 Å². The Morgan fingerprint density at radius 1 is 0.900 bits per heavy atom. The third-order valence-corrected chi connectivity index (χ3v) is 8.69. The monoisotopic (exact) mass is 397 g/mol. The van der Waals surface area contributed by atoms with Gasteiger partial charge in [0.15, 0.2) is 0 Å². The van der Waals surface area contributed by atoms with Crippen molar-refractivity contribution >= 4 is 5.57 Å². The van der Waals surface area contributed by atoms with Crippen LogP contribution in [0.4, 0.5) is 0 Å². The van der Waals surface area contributed by atoms with E-state index in [1.165, 1.54) is 79.3 Å². The van der Waals surface area contributed by atoms with Gasteiger partial charge < -0.3 is 5.32 Å². The minimum absolute atomic E-state index is 0.448. The lowest BCUT2D eigenvalue weighted by Gasteiger charge is -2.24. The van der Waals surface area contributed by atoms with Gasteiger partial charge in [0.05, 0.1) is 0 Å². The average Bonchev–Trinajstić information content (AvgIpc) is 3.31. The summed E-state index contributed by atoms with van der Waals surface area (Å²) >= 11 is 0. The fourth-order valence-corrected chi connectivity index (χ4v) is 7.20. The van der Waals surface area contributed by atoms with Crippen LogP contribution in [0.2, 0.25) is 0 Å². The molecule has 1 heterocycles. The van der Waals surface area contributed by atoms with Gasteiger partial charge in [-0.05, 0) is 103 Å². The van der Waals surface area contributed by atoms with Crippen LogP contribution in [0.25, 0.3) is 5.57 Å². The number of nitrogens with one attached hydrogen (secondary N) is 1. The molecular formula is C29H35N. The maximum absolute atomic E-state index is 3.79. The van der Waals surface area contributed by atoms with Crippen LogP contribution in [0.15, 0.2) is 59.8 Å². The van der Waals surface area contributed by atoms with Crippen LogP contribution in [-0.4, -0.2) is 6.54 Å². The van der Waals surface area contributed by atoms with Gasteiger partial charge in [0, 0.05) is 18.2 Å². The molecule has 156 valence electrons. The van der Waals surface area contributed by atoms with Crippen molar-refractivity contribution in [3.63, 3.8) is 0 Å². The summed E-state index contributed by atoms with van der Waals surface area (Å²) in [5, 5.41) is 3.79. The number of hydrogen-bond donors (Lipinski definition) is 1. The maximum atomic E-state index is 3.79. The van der Waals surface area contributed by atoms with E-state index < -0.39 is 0 Å². The lowest BCUT2D eigenvalue weighted by Crippen LogP contribution is -2.20. The molecule has 1 aromatic carbocycles. The molecule has 0 amide bonds. The number of hydrogen-bond acceptors (Lipinski definition) is 1. The molecule has 1 nitrogen and oxygen atoms in total. The first-order valence-electron chi connectivity index (χ1n) is 12.4. The lowest BCUT2D eigenvalue weighted by molar-refractivity contribution is 0.319. The SMILES string of the molecule is Cc1ccc2cc1C1=C3C=C(C=CC3C=C1)NCCC1CC(C2)CC2CCCC2C1. The van der Waals surface area contributed by atoms with Crippen molar-refractivity contribution in [2.24, 2.45) is 29.6 Å². The molecule has 0 aromatic heterocycles. The average molecular weight is 398 g/mol. The molecule has 0 saturated heterocycles. The quantitative estimate of drug-likeness (QED) is 0.510. The molecule has 30 heavy (non-hydrogen) atoms. The summed E-state index contributed by atoms with van der Waals surface area (Å²) in [4.78, 5) is 0. The van der Waals surface area contributed by atoms with E-state index in [1.807, 2.05) is 0 Å². The molecule has 5 unspecified atom stereocenters. The van der Waals surface area contributed by atoms with Crippen LogP contribution in [0, 0.1) is 36.5 Å². The zero-order valence-corrected chi connectivity index (χ0v) is 18.4. The second kappa shape index (κ2) is 7.59. The van der Waals surface area contributed by atoms with Gasteiger partial charge in [-0.1, -0.05) is 55.7 Å². The van der Waals surface area contributed by atoms with Gasteiger partial charge in [0.2, 0.25) is 0 Å². The normalized spacial score (nSPS) is 34.7. The highest BCUT2D eigenvalue weighted by Gasteiger charge is 2.35. The van der Waals surface area contributed by atoms with Gasteiger partial charge in [0.1, 0.15) is 0 Å². The standard InChI is InChI=1S/C29H35N/c1-19-5-6-20-13-22-14-21(15-24-3-2-4-25(24)16-22)11-12-30-26-9-7-23-8-10-27(28(19)17-20)29(23)18-26/h5-10,17-18,21-25,30H,2-4,11-16H2,1H3. The number of rotatable bonds is 0. The lowest BCUT2D eigenvalue weighted by atomic mass is 9.83. The summed E-state index contributed by atoms with van der Waals surface area (Å²) < 4.78 is 0. The van der Waals surface area contributed by atoms with E-state index in [9.17, 15) is 0 Å². The third-order valence-electron chi connectivity index (χ3n) is 8.69. The van der Waals surface area contributed by atoms with E-state index in [0.717, 1.165) is 30.2 Å². The Balaban J connectivity index is 1.40. The second-order valence-electron chi connectivity index (χ2n) is 10.7. The summed E-state index contributed by atoms with van der Waals surface area (Å²) in [7, 11) is 0. The number of aryl methyl sites for hydroxylation is 1. The van der Waals surface area contributed by atoms with Crippen molar-refractivity contribution in [3.05, 3.63) is 76.5 Å². The van der Waals surface area contributed by atoms with Crippen LogP contribution in [-0.2, 0) is 6.42 Å². The van der Waals surface area contributed by atoms with Crippen LogP contribution in [0.1, 0.15) is 61.6 Å². The molecule has 2 saturated carbocycles. The molecule has 0 radical (unpaired) electrons. The maximum Gasteiger partial charge on any atom is 0.0340 e. The predicted octanol–water partition coefficient (Wildman–Crippen LogP) is 6.76. The molecule has 1 aromatic rings. The minimum atomic E-state index is 0.448. The molecular weight excluding hydrogens is 362 g/mol. The number of benzene rings is 1. The van der Waals surface area contributed by atoms with Crippen LogP contribution < -0.4 is 5.32 Å². The van der Waals surface area contributed by atoms with Gasteiger partial charge in [-0.2, -0.15) is 0 Å². The van der Waals surface area contributed by atoms with Crippen molar-refractivity contribution < 1.29 is 0 Å². The Kier molecular flexibility index (Phi) is 4.74.